The van der Waals surface area contributed by atoms with E-state index in [-0.39, 0.29) is 17.1 Å². The fourth-order valence-corrected chi connectivity index (χ4v) is 4.03. The van der Waals surface area contributed by atoms with Crippen molar-refractivity contribution in [2.45, 2.75) is 25.7 Å². The van der Waals surface area contributed by atoms with Crippen LogP contribution in [0.2, 0.25) is 0 Å². The first-order chi connectivity index (χ1) is 16.5. The number of hydrogen-bond donors (Lipinski definition) is 2. The molecule has 0 unspecified atom stereocenters. The summed E-state index contributed by atoms with van der Waals surface area (Å²) in [4.78, 5) is 25.7. The maximum Gasteiger partial charge on any atom is 0.290 e. The molecule has 0 aliphatic heterocycles. The number of benzene rings is 2. The summed E-state index contributed by atoms with van der Waals surface area (Å²) in [6.45, 7) is 0. The minimum absolute atomic E-state index is 0.202. The standard InChI is InChI=1S/C24H25FN4O5/c1-32-19-12-14(13-20(33-2)22(19)34-3)23(30)26-27-24(31)21-17-6-4-5-7-18(17)29(28-21)16-10-8-15(25)9-11-16/h8-13H,4-7H2,1-3H3,(H,26,30)(H,27,31). The van der Waals surface area contributed by atoms with Crippen LogP contribution in [0.4, 0.5) is 4.39 Å². The first-order valence-electron chi connectivity index (χ1n) is 10.7. The number of methoxy groups -OCH3 is 3. The van der Waals surface area contributed by atoms with Crippen LogP contribution in [0.15, 0.2) is 36.4 Å². The van der Waals surface area contributed by atoms with Crippen LogP contribution < -0.4 is 25.1 Å². The minimum Gasteiger partial charge on any atom is -0.493 e. The van der Waals surface area contributed by atoms with Gasteiger partial charge in [0, 0.05) is 16.8 Å². The summed E-state index contributed by atoms with van der Waals surface area (Å²) in [5, 5.41) is 4.49. The Morgan fingerprint density at radius 1 is 0.912 bits per heavy atom. The van der Waals surface area contributed by atoms with Crippen molar-refractivity contribution in [1.29, 1.82) is 0 Å². The van der Waals surface area contributed by atoms with Gasteiger partial charge in [0.15, 0.2) is 17.2 Å². The number of carbonyl (C=O) groups excluding carboxylic acids is 2. The molecular weight excluding hydrogens is 443 g/mol. The molecule has 2 aromatic carbocycles. The summed E-state index contributed by atoms with van der Waals surface area (Å²) >= 11 is 0. The van der Waals surface area contributed by atoms with E-state index in [1.165, 1.54) is 45.6 Å². The molecule has 4 rings (SSSR count). The third kappa shape index (κ3) is 4.39. The summed E-state index contributed by atoms with van der Waals surface area (Å²) in [5.74, 6) is -0.490. The molecule has 10 heteroatoms. The Morgan fingerprint density at radius 3 is 2.15 bits per heavy atom. The van der Waals surface area contributed by atoms with E-state index in [0.29, 0.717) is 29.4 Å². The fourth-order valence-electron chi connectivity index (χ4n) is 4.03. The van der Waals surface area contributed by atoms with Crippen LogP contribution in [0.5, 0.6) is 17.2 Å². The molecule has 1 aromatic heterocycles. The van der Waals surface area contributed by atoms with Gasteiger partial charge in [-0.05, 0) is 62.1 Å². The molecule has 34 heavy (non-hydrogen) atoms. The third-order valence-electron chi connectivity index (χ3n) is 5.68. The second-order valence-electron chi connectivity index (χ2n) is 7.69. The number of halogens is 1. The molecule has 0 bridgehead atoms. The van der Waals surface area contributed by atoms with Crippen LogP contribution in [0.25, 0.3) is 5.69 Å². The largest absolute Gasteiger partial charge is 0.493 e. The molecular formula is C24H25FN4O5. The molecule has 0 saturated heterocycles. The van der Waals surface area contributed by atoms with Crippen LogP contribution in [-0.2, 0) is 12.8 Å². The molecule has 1 aliphatic carbocycles. The number of nitrogens with zero attached hydrogens (tertiary/aromatic N) is 2. The van der Waals surface area contributed by atoms with Gasteiger partial charge in [-0.25, -0.2) is 9.07 Å². The molecule has 0 radical (unpaired) electrons. The topological polar surface area (TPSA) is 104 Å². The number of aromatic nitrogens is 2. The highest BCUT2D eigenvalue weighted by atomic mass is 19.1. The smallest absolute Gasteiger partial charge is 0.290 e. The van der Waals surface area contributed by atoms with Crippen molar-refractivity contribution in [3.8, 4) is 22.9 Å². The molecule has 0 fully saturated rings. The van der Waals surface area contributed by atoms with Gasteiger partial charge in [0.25, 0.3) is 11.8 Å². The SMILES string of the molecule is COc1cc(C(=O)NNC(=O)c2nn(-c3ccc(F)cc3)c3c2CCCC3)cc(OC)c1OC. The predicted molar refractivity (Wildman–Crippen MR) is 121 cm³/mol. The lowest BCUT2D eigenvalue weighted by Crippen LogP contribution is -2.42. The second-order valence-corrected chi connectivity index (χ2v) is 7.69. The van der Waals surface area contributed by atoms with E-state index in [2.05, 4.69) is 16.0 Å². The molecule has 2 amide bonds. The van der Waals surface area contributed by atoms with Gasteiger partial charge in [0.2, 0.25) is 5.75 Å². The minimum atomic E-state index is -0.570. The van der Waals surface area contributed by atoms with Crippen LogP contribution >= 0.6 is 0 Å². The van der Waals surface area contributed by atoms with Crippen molar-refractivity contribution >= 4 is 11.8 Å². The number of hydrazine groups is 1. The average Bonchev–Trinajstić information content (AvgIpc) is 3.26. The van der Waals surface area contributed by atoms with Gasteiger partial charge in [-0.2, -0.15) is 5.10 Å². The van der Waals surface area contributed by atoms with E-state index < -0.39 is 11.8 Å². The van der Waals surface area contributed by atoms with E-state index >= 15 is 0 Å². The summed E-state index contributed by atoms with van der Waals surface area (Å²) in [6, 6.07) is 8.89. The van der Waals surface area contributed by atoms with Gasteiger partial charge in [-0.1, -0.05) is 0 Å². The Labute approximate surface area is 195 Å². The van der Waals surface area contributed by atoms with Gasteiger partial charge >= 0.3 is 0 Å². The van der Waals surface area contributed by atoms with E-state index in [4.69, 9.17) is 14.2 Å². The molecule has 3 aromatic rings. The summed E-state index contributed by atoms with van der Waals surface area (Å²) in [6.07, 6.45) is 3.35. The molecule has 1 aliphatic rings. The molecule has 0 saturated carbocycles. The zero-order valence-corrected chi connectivity index (χ0v) is 19.1. The van der Waals surface area contributed by atoms with Crippen LogP contribution in [0, 0.1) is 5.82 Å². The lowest BCUT2D eigenvalue weighted by molar-refractivity contribution is 0.0842. The van der Waals surface area contributed by atoms with Gasteiger partial charge < -0.3 is 14.2 Å². The second kappa shape index (κ2) is 9.82. The van der Waals surface area contributed by atoms with Crippen molar-refractivity contribution < 1.29 is 28.2 Å². The van der Waals surface area contributed by atoms with E-state index in [1.54, 1.807) is 16.8 Å². The quantitative estimate of drug-likeness (QED) is 0.539. The van der Waals surface area contributed by atoms with Crippen molar-refractivity contribution in [3.05, 3.63) is 64.7 Å². The summed E-state index contributed by atoms with van der Waals surface area (Å²) in [7, 11) is 4.36. The van der Waals surface area contributed by atoms with Gasteiger partial charge in [-0.15, -0.1) is 0 Å². The Hall–Kier alpha value is -4.08. The number of ether oxygens (including phenoxy) is 3. The highest BCUT2D eigenvalue weighted by molar-refractivity contribution is 5.99. The van der Waals surface area contributed by atoms with Crippen molar-refractivity contribution in [3.63, 3.8) is 0 Å². The maximum atomic E-state index is 13.4. The predicted octanol–water partition coefficient (Wildman–Crippen LogP) is 2.99. The first kappa shape index (κ1) is 23.1. The highest BCUT2D eigenvalue weighted by Crippen LogP contribution is 2.38. The Kier molecular flexibility index (Phi) is 6.67. The van der Waals surface area contributed by atoms with Gasteiger partial charge in [-0.3, -0.25) is 20.4 Å². The van der Waals surface area contributed by atoms with Crippen molar-refractivity contribution in [2.75, 3.05) is 21.3 Å². The maximum absolute atomic E-state index is 13.4. The lowest BCUT2D eigenvalue weighted by Gasteiger charge is -2.15. The number of amides is 2. The molecule has 1 heterocycles. The number of carbonyl (C=O) groups is 2. The lowest BCUT2D eigenvalue weighted by atomic mass is 9.95. The third-order valence-corrected chi connectivity index (χ3v) is 5.68. The zero-order chi connectivity index (χ0) is 24.2. The van der Waals surface area contributed by atoms with Crippen LogP contribution in [-0.4, -0.2) is 42.9 Å². The number of hydrogen-bond acceptors (Lipinski definition) is 6. The Balaban J connectivity index is 1.56. The summed E-state index contributed by atoms with van der Waals surface area (Å²) < 4.78 is 30.8. The van der Waals surface area contributed by atoms with Crippen molar-refractivity contribution in [2.24, 2.45) is 0 Å². The Morgan fingerprint density at radius 2 is 1.53 bits per heavy atom. The highest BCUT2D eigenvalue weighted by Gasteiger charge is 2.26. The normalized spacial score (nSPS) is 12.5. The Bertz CT molecular complexity index is 1200. The van der Waals surface area contributed by atoms with E-state index in [0.717, 1.165) is 30.5 Å². The fraction of sp³-hybridized carbons (Fsp3) is 0.292. The number of fused-ring (bicyclic) bond motifs is 1. The van der Waals surface area contributed by atoms with Gasteiger partial charge in [0.05, 0.1) is 27.0 Å². The van der Waals surface area contributed by atoms with E-state index in [9.17, 15) is 14.0 Å². The molecule has 178 valence electrons. The number of rotatable bonds is 6. The zero-order valence-electron chi connectivity index (χ0n) is 19.1. The van der Waals surface area contributed by atoms with Gasteiger partial charge in [0.1, 0.15) is 5.82 Å². The first-order valence-corrected chi connectivity index (χ1v) is 10.7. The monoisotopic (exact) mass is 468 g/mol. The van der Waals surface area contributed by atoms with E-state index in [1.807, 2.05) is 0 Å². The summed E-state index contributed by atoms with van der Waals surface area (Å²) in [5.41, 5.74) is 7.69. The molecule has 2 N–H and O–H groups in total. The number of nitrogens with one attached hydrogen (secondary N) is 2. The molecule has 9 nitrogen and oxygen atoms in total. The average molecular weight is 468 g/mol. The van der Waals surface area contributed by atoms with Crippen molar-refractivity contribution in [1.82, 2.24) is 20.6 Å². The molecule has 0 atom stereocenters. The van der Waals surface area contributed by atoms with Crippen LogP contribution in [0.3, 0.4) is 0 Å². The molecule has 0 spiro atoms. The van der Waals surface area contributed by atoms with Crippen LogP contribution in [0.1, 0.15) is 44.9 Å².